The number of rotatable bonds is 6. The van der Waals surface area contributed by atoms with E-state index in [1.807, 2.05) is 80.6 Å². The maximum absolute atomic E-state index is 14.5. The maximum Gasteiger partial charge on any atom is 0.253 e. The third-order valence-electron chi connectivity index (χ3n) is 8.90. The maximum atomic E-state index is 14.5. The average Bonchev–Trinajstić information content (AvgIpc) is 3.23. The van der Waals surface area contributed by atoms with E-state index < -0.39 is 29.1 Å². The Morgan fingerprint density at radius 1 is 0.897 bits per heavy atom. The van der Waals surface area contributed by atoms with Crippen molar-refractivity contribution in [2.75, 3.05) is 37.7 Å². The highest BCUT2D eigenvalue weighted by molar-refractivity contribution is 6.06. The van der Waals surface area contributed by atoms with E-state index in [0.29, 0.717) is 26.1 Å². The van der Waals surface area contributed by atoms with Gasteiger partial charge in [-0.1, -0.05) is 68.5 Å². The van der Waals surface area contributed by atoms with Crippen molar-refractivity contribution in [3.8, 4) is 0 Å². The molecule has 0 aliphatic carbocycles. The molecular formula is C31H35N3O5. The largest absolute Gasteiger partial charge is 0.395 e. The van der Waals surface area contributed by atoms with Crippen LogP contribution in [0, 0.1) is 11.8 Å². The lowest BCUT2D eigenvalue weighted by atomic mass is 9.73. The molecule has 5 atom stereocenters. The van der Waals surface area contributed by atoms with Gasteiger partial charge in [-0.05, 0) is 35.7 Å². The lowest BCUT2D eigenvalue weighted by Crippen LogP contribution is -2.56. The summed E-state index contributed by atoms with van der Waals surface area (Å²) in [6.45, 7) is 5.05. The summed E-state index contributed by atoms with van der Waals surface area (Å²) in [7, 11) is 0. The molecule has 6 rings (SSSR count). The molecule has 3 amide bonds. The average molecular weight is 530 g/mol. The van der Waals surface area contributed by atoms with Crippen LogP contribution in [0.25, 0.3) is 10.8 Å². The van der Waals surface area contributed by atoms with Crippen LogP contribution < -0.4 is 4.90 Å². The first kappa shape index (κ1) is 25.8. The van der Waals surface area contributed by atoms with Gasteiger partial charge in [0, 0.05) is 31.9 Å². The molecule has 204 valence electrons. The zero-order chi connectivity index (χ0) is 27.4. The summed E-state index contributed by atoms with van der Waals surface area (Å²) in [5.41, 5.74) is -1.58. The third-order valence-corrected chi connectivity index (χ3v) is 8.90. The highest BCUT2D eigenvalue weighted by Crippen LogP contribution is 2.58. The van der Waals surface area contributed by atoms with E-state index in [0.717, 1.165) is 22.9 Å². The molecule has 4 aliphatic heterocycles. The molecule has 0 radical (unpaired) electrons. The van der Waals surface area contributed by atoms with Gasteiger partial charge < -0.3 is 24.5 Å². The first-order valence-electron chi connectivity index (χ1n) is 14.0. The summed E-state index contributed by atoms with van der Waals surface area (Å²) in [6, 6.07) is 12.8. The Balaban J connectivity index is 1.47. The van der Waals surface area contributed by atoms with E-state index in [1.165, 1.54) is 4.90 Å². The molecule has 2 aromatic carbocycles. The number of fused-ring (bicyclic) bond motifs is 3. The zero-order valence-corrected chi connectivity index (χ0v) is 22.5. The predicted molar refractivity (Wildman–Crippen MR) is 148 cm³/mol. The molecule has 8 heteroatoms. The molecule has 2 aromatic rings. The second-order valence-electron chi connectivity index (χ2n) is 10.9. The van der Waals surface area contributed by atoms with Gasteiger partial charge in [0.2, 0.25) is 11.8 Å². The molecule has 2 saturated heterocycles. The molecular weight excluding hydrogens is 494 g/mol. The minimum Gasteiger partial charge on any atom is -0.395 e. The number of hydrogen-bond donors (Lipinski definition) is 1. The van der Waals surface area contributed by atoms with Crippen molar-refractivity contribution in [2.24, 2.45) is 11.8 Å². The van der Waals surface area contributed by atoms with Crippen LogP contribution in [0.1, 0.15) is 26.7 Å². The van der Waals surface area contributed by atoms with Crippen LogP contribution in [-0.2, 0) is 19.1 Å². The fraction of sp³-hybridized carbons (Fsp3) is 0.452. The van der Waals surface area contributed by atoms with E-state index >= 15 is 0 Å². The van der Waals surface area contributed by atoms with Gasteiger partial charge in [0.1, 0.15) is 11.6 Å². The van der Waals surface area contributed by atoms with Gasteiger partial charge in [-0.15, -0.1) is 0 Å². The molecule has 2 fully saturated rings. The predicted octanol–water partition coefficient (Wildman–Crippen LogP) is 2.90. The molecule has 39 heavy (non-hydrogen) atoms. The first-order valence-corrected chi connectivity index (χ1v) is 14.0. The number of ether oxygens (including phenoxy) is 1. The number of nitrogens with zero attached hydrogens (tertiary/aromatic N) is 3. The fourth-order valence-corrected chi connectivity index (χ4v) is 7.21. The second-order valence-corrected chi connectivity index (χ2v) is 10.9. The number of benzene rings is 2. The lowest BCUT2D eigenvalue weighted by Gasteiger charge is -2.38. The van der Waals surface area contributed by atoms with Crippen LogP contribution in [-0.4, -0.2) is 82.7 Å². The minimum absolute atomic E-state index is 0.00913. The number of carbonyl (C=O) groups is 3. The summed E-state index contributed by atoms with van der Waals surface area (Å²) in [5.74, 6) is -2.31. The lowest BCUT2D eigenvalue weighted by molar-refractivity contribution is -0.150. The van der Waals surface area contributed by atoms with Crippen molar-refractivity contribution in [1.29, 1.82) is 0 Å². The van der Waals surface area contributed by atoms with Gasteiger partial charge in [0.25, 0.3) is 5.91 Å². The van der Waals surface area contributed by atoms with Crippen LogP contribution >= 0.6 is 0 Å². The van der Waals surface area contributed by atoms with Crippen LogP contribution in [0.5, 0.6) is 0 Å². The van der Waals surface area contributed by atoms with Gasteiger partial charge >= 0.3 is 0 Å². The summed E-state index contributed by atoms with van der Waals surface area (Å²) < 4.78 is 6.93. The van der Waals surface area contributed by atoms with Crippen molar-refractivity contribution < 1.29 is 24.2 Å². The molecule has 4 aliphatic rings. The molecule has 0 aromatic heterocycles. The number of carbonyl (C=O) groups excluding carboxylic acids is 3. The Bertz CT molecular complexity index is 1390. The van der Waals surface area contributed by atoms with E-state index in [9.17, 15) is 19.5 Å². The Labute approximate surface area is 228 Å². The number of β-amino-alcohol motifs (C(OH)–C–C–N with tert-alkyl or cyclic N) is 1. The van der Waals surface area contributed by atoms with Crippen molar-refractivity contribution in [2.45, 2.75) is 43.9 Å². The minimum atomic E-state index is -1.31. The third kappa shape index (κ3) is 3.68. The fourth-order valence-electron chi connectivity index (χ4n) is 7.21. The first-order chi connectivity index (χ1) is 18.9. The van der Waals surface area contributed by atoms with E-state index in [4.69, 9.17) is 4.74 Å². The molecule has 1 spiro atoms. The standard InChI is InChI=1S/C31H35N3O5/c1-3-15-32-16-7-13-30(4-2)24(27(32)36)25-28(37)34(18-19-35)26-29(38)33(17-8-14-31(25,26)39-30)23-12-11-21-9-5-6-10-22(21)20-23/h5-14,20,24-26,35H,3-4,15-19H2,1-2H3/t24-,25+,26?,30+,31+/m1/s1. The van der Waals surface area contributed by atoms with Crippen LogP contribution in [0.2, 0.25) is 0 Å². The second kappa shape index (κ2) is 9.61. The van der Waals surface area contributed by atoms with Gasteiger partial charge in [-0.25, -0.2) is 0 Å². The molecule has 1 unspecified atom stereocenters. The highest BCUT2D eigenvalue weighted by atomic mass is 16.5. The number of likely N-dealkylation sites (tertiary alicyclic amines) is 1. The Morgan fingerprint density at radius 2 is 1.67 bits per heavy atom. The van der Waals surface area contributed by atoms with Crippen molar-refractivity contribution in [1.82, 2.24) is 9.80 Å². The van der Waals surface area contributed by atoms with Gasteiger partial charge in [-0.3, -0.25) is 14.4 Å². The number of aliphatic hydroxyl groups is 1. The Kier molecular flexibility index (Phi) is 6.35. The summed E-state index contributed by atoms with van der Waals surface area (Å²) in [5, 5.41) is 12.0. The summed E-state index contributed by atoms with van der Waals surface area (Å²) in [6.07, 6.45) is 8.95. The van der Waals surface area contributed by atoms with E-state index in [-0.39, 0.29) is 30.9 Å². The topological polar surface area (TPSA) is 90.4 Å². The number of hydrogen-bond acceptors (Lipinski definition) is 5. The Hall–Kier alpha value is -3.49. The van der Waals surface area contributed by atoms with Crippen molar-refractivity contribution in [3.63, 3.8) is 0 Å². The SMILES string of the molecule is CCCN1CC=C[C@]2(CC)O[C@]34C=CCN(c5ccc6ccccc6c5)C(=O)C3N(CCO)C(=O)[C@@H]4[C@@H]2C1=O. The van der Waals surface area contributed by atoms with E-state index in [2.05, 4.69) is 0 Å². The molecule has 0 bridgehead atoms. The number of aliphatic hydroxyl groups excluding tert-OH is 1. The van der Waals surface area contributed by atoms with Gasteiger partial charge in [-0.2, -0.15) is 0 Å². The van der Waals surface area contributed by atoms with Crippen LogP contribution in [0.3, 0.4) is 0 Å². The molecule has 4 heterocycles. The molecule has 0 saturated carbocycles. The van der Waals surface area contributed by atoms with Gasteiger partial charge in [0.05, 0.1) is 24.0 Å². The van der Waals surface area contributed by atoms with Crippen molar-refractivity contribution in [3.05, 3.63) is 66.8 Å². The summed E-state index contributed by atoms with van der Waals surface area (Å²) >= 11 is 0. The molecule has 1 N–H and O–H groups in total. The number of amides is 3. The summed E-state index contributed by atoms with van der Waals surface area (Å²) in [4.78, 5) is 47.6. The molecule has 8 nitrogen and oxygen atoms in total. The Morgan fingerprint density at radius 3 is 2.41 bits per heavy atom. The van der Waals surface area contributed by atoms with Gasteiger partial charge in [0.15, 0.2) is 0 Å². The number of anilines is 1. The van der Waals surface area contributed by atoms with Crippen molar-refractivity contribution >= 4 is 34.2 Å². The van der Waals surface area contributed by atoms with Crippen LogP contribution in [0.4, 0.5) is 5.69 Å². The smallest absolute Gasteiger partial charge is 0.253 e. The monoisotopic (exact) mass is 529 g/mol. The van der Waals surface area contributed by atoms with Crippen LogP contribution in [0.15, 0.2) is 66.8 Å². The zero-order valence-electron chi connectivity index (χ0n) is 22.5. The normalized spacial score (nSPS) is 31.9. The van der Waals surface area contributed by atoms with E-state index in [1.54, 1.807) is 9.80 Å². The quantitative estimate of drug-likeness (QED) is 0.582. The highest BCUT2D eigenvalue weighted by Gasteiger charge is 2.75.